The Bertz CT molecular complexity index is 537. The number of hydrogen-bond donors (Lipinski definition) is 1. The Labute approximate surface area is 144 Å². The number of halogens is 1. The zero-order chi connectivity index (χ0) is 17.2. The number of ether oxygens (including phenoxy) is 1. The molecule has 4 heteroatoms. The van der Waals surface area contributed by atoms with Crippen LogP contribution in [0.25, 0.3) is 0 Å². The Morgan fingerprint density at radius 3 is 2.71 bits per heavy atom. The maximum Gasteiger partial charge on any atom is 0.139 e. The van der Waals surface area contributed by atoms with Gasteiger partial charge in [-0.15, -0.1) is 0 Å². The minimum absolute atomic E-state index is 0.0471. The molecule has 3 nitrogen and oxygen atoms in total. The molecule has 4 aliphatic carbocycles. The van der Waals surface area contributed by atoms with Crippen LogP contribution in [0.15, 0.2) is 0 Å². The van der Waals surface area contributed by atoms with E-state index in [0.717, 1.165) is 32.1 Å². The van der Waals surface area contributed by atoms with Gasteiger partial charge in [0.15, 0.2) is 0 Å². The van der Waals surface area contributed by atoms with Gasteiger partial charge in [-0.2, -0.15) is 0 Å². The summed E-state index contributed by atoms with van der Waals surface area (Å²) in [5.74, 6) is 1.21. The number of carbonyl (C=O) groups is 1. The molecule has 7 atom stereocenters. The fourth-order valence-corrected chi connectivity index (χ4v) is 7.04. The number of methoxy groups -OCH3 is 1. The van der Waals surface area contributed by atoms with E-state index in [1.54, 1.807) is 7.11 Å². The van der Waals surface area contributed by atoms with Crippen LogP contribution in [0.5, 0.6) is 0 Å². The second kappa shape index (κ2) is 5.51. The molecule has 0 bridgehead atoms. The number of ketones is 1. The van der Waals surface area contributed by atoms with Crippen molar-refractivity contribution in [2.24, 2.45) is 29.1 Å². The standard InChI is InChI=1S/C20H31FO3/c1-18-8-7-16-14(15(18)5-6-17(18)22)4-3-13-11-19(23,12-24-2)9-10-20(13,16)21/h13-16,23H,3-12H2,1-2H3/t13-,14+,15+,16?,18+,19-,20-/m1/s1. The summed E-state index contributed by atoms with van der Waals surface area (Å²) < 4.78 is 21.4. The molecule has 4 fully saturated rings. The van der Waals surface area contributed by atoms with E-state index in [1.165, 1.54) is 0 Å². The quantitative estimate of drug-likeness (QED) is 0.835. The van der Waals surface area contributed by atoms with Gasteiger partial charge in [0.05, 0.1) is 12.2 Å². The number of rotatable bonds is 2. The van der Waals surface area contributed by atoms with Gasteiger partial charge in [-0.1, -0.05) is 6.92 Å². The molecule has 4 rings (SSSR count). The molecule has 0 radical (unpaired) electrons. The molecule has 0 spiro atoms. The molecule has 0 aromatic carbocycles. The first-order valence-corrected chi connectivity index (χ1v) is 9.76. The van der Waals surface area contributed by atoms with Gasteiger partial charge >= 0.3 is 0 Å². The zero-order valence-corrected chi connectivity index (χ0v) is 15.0. The van der Waals surface area contributed by atoms with Crippen molar-refractivity contribution in [1.29, 1.82) is 0 Å². The van der Waals surface area contributed by atoms with Crippen LogP contribution in [-0.2, 0) is 9.53 Å². The SMILES string of the molecule is COC[C@@]1(O)CC[C@]2(F)C3CC[C@]4(C)C(=O)CC[C@H]4[C@@H]3CC[C@@H]2C1. The summed E-state index contributed by atoms with van der Waals surface area (Å²) in [6.45, 7) is 2.45. The van der Waals surface area contributed by atoms with Gasteiger partial charge in [0.2, 0.25) is 0 Å². The van der Waals surface area contributed by atoms with E-state index in [9.17, 15) is 9.90 Å². The minimum Gasteiger partial charge on any atom is -0.387 e. The van der Waals surface area contributed by atoms with E-state index in [0.29, 0.717) is 49.9 Å². The van der Waals surface area contributed by atoms with Crippen molar-refractivity contribution in [3.63, 3.8) is 0 Å². The van der Waals surface area contributed by atoms with Crippen LogP contribution in [0.4, 0.5) is 4.39 Å². The van der Waals surface area contributed by atoms with Crippen molar-refractivity contribution in [1.82, 2.24) is 0 Å². The van der Waals surface area contributed by atoms with Gasteiger partial charge in [-0.25, -0.2) is 4.39 Å². The van der Waals surface area contributed by atoms with Crippen molar-refractivity contribution in [3.05, 3.63) is 0 Å². The Morgan fingerprint density at radius 1 is 1.17 bits per heavy atom. The minimum atomic E-state index is -1.14. The highest BCUT2D eigenvalue weighted by Gasteiger charge is 2.63. The lowest BCUT2D eigenvalue weighted by Gasteiger charge is -2.58. The Balaban J connectivity index is 1.58. The zero-order valence-electron chi connectivity index (χ0n) is 15.0. The third kappa shape index (κ3) is 2.25. The summed E-state index contributed by atoms with van der Waals surface area (Å²) in [4.78, 5) is 12.4. The highest BCUT2D eigenvalue weighted by Crippen LogP contribution is 2.64. The molecule has 136 valence electrons. The second-order valence-electron chi connectivity index (χ2n) is 9.36. The van der Waals surface area contributed by atoms with E-state index >= 15 is 4.39 Å². The third-order valence-electron chi connectivity index (χ3n) is 8.30. The first-order chi connectivity index (χ1) is 11.3. The molecule has 24 heavy (non-hydrogen) atoms. The molecule has 0 aliphatic heterocycles. The Hall–Kier alpha value is -0.480. The highest BCUT2D eigenvalue weighted by atomic mass is 19.1. The van der Waals surface area contributed by atoms with Gasteiger partial charge in [0.1, 0.15) is 11.5 Å². The molecular formula is C20H31FO3. The van der Waals surface area contributed by atoms with Crippen LogP contribution in [0.1, 0.15) is 64.7 Å². The topological polar surface area (TPSA) is 46.5 Å². The molecule has 1 unspecified atom stereocenters. The lowest BCUT2D eigenvalue weighted by atomic mass is 9.48. The van der Waals surface area contributed by atoms with Crippen molar-refractivity contribution in [3.8, 4) is 0 Å². The van der Waals surface area contributed by atoms with Crippen LogP contribution < -0.4 is 0 Å². The molecule has 0 aromatic heterocycles. The highest BCUT2D eigenvalue weighted by molar-refractivity contribution is 5.87. The summed E-state index contributed by atoms with van der Waals surface area (Å²) >= 11 is 0. The van der Waals surface area contributed by atoms with E-state index in [2.05, 4.69) is 6.92 Å². The predicted molar refractivity (Wildman–Crippen MR) is 89.3 cm³/mol. The number of carbonyl (C=O) groups excluding carboxylic acids is 1. The fraction of sp³-hybridized carbons (Fsp3) is 0.950. The van der Waals surface area contributed by atoms with Crippen molar-refractivity contribution >= 4 is 5.78 Å². The van der Waals surface area contributed by atoms with E-state index in [1.807, 2.05) is 0 Å². The summed E-state index contributed by atoms with van der Waals surface area (Å²) in [5, 5.41) is 10.7. The average molecular weight is 338 g/mol. The van der Waals surface area contributed by atoms with Crippen molar-refractivity contribution in [2.45, 2.75) is 76.0 Å². The summed E-state index contributed by atoms with van der Waals surface area (Å²) in [5.41, 5.74) is -2.18. The first kappa shape index (κ1) is 17.0. The van der Waals surface area contributed by atoms with Crippen LogP contribution in [0.2, 0.25) is 0 Å². The van der Waals surface area contributed by atoms with Crippen LogP contribution in [0.3, 0.4) is 0 Å². The molecule has 0 saturated heterocycles. The average Bonchev–Trinajstić information content (AvgIpc) is 2.84. The number of fused-ring (bicyclic) bond motifs is 5. The third-order valence-corrected chi connectivity index (χ3v) is 8.30. The van der Waals surface area contributed by atoms with Gasteiger partial charge in [-0.05, 0) is 75.0 Å². The van der Waals surface area contributed by atoms with Gasteiger partial charge < -0.3 is 9.84 Å². The number of alkyl halides is 1. The van der Waals surface area contributed by atoms with E-state index < -0.39 is 11.3 Å². The maximum absolute atomic E-state index is 16.2. The fourth-order valence-electron chi connectivity index (χ4n) is 7.04. The smallest absolute Gasteiger partial charge is 0.139 e. The van der Waals surface area contributed by atoms with Gasteiger partial charge in [0.25, 0.3) is 0 Å². The first-order valence-electron chi connectivity index (χ1n) is 9.76. The molecule has 1 N–H and O–H groups in total. The molecule has 4 saturated carbocycles. The van der Waals surface area contributed by atoms with Crippen LogP contribution in [-0.4, -0.2) is 35.9 Å². The second-order valence-corrected chi connectivity index (χ2v) is 9.36. The number of aliphatic hydroxyl groups is 1. The molecule has 4 aliphatic rings. The summed E-state index contributed by atoms with van der Waals surface area (Å²) in [6, 6.07) is 0. The van der Waals surface area contributed by atoms with Crippen molar-refractivity contribution < 1.29 is 19.0 Å². The van der Waals surface area contributed by atoms with E-state index in [4.69, 9.17) is 4.74 Å². The lowest BCUT2D eigenvalue weighted by molar-refractivity contribution is -0.176. The molecule has 0 aromatic rings. The molecule has 0 heterocycles. The monoisotopic (exact) mass is 338 g/mol. The Morgan fingerprint density at radius 2 is 1.96 bits per heavy atom. The Kier molecular flexibility index (Phi) is 3.89. The van der Waals surface area contributed by atoms with Crippen LogP contribution in [0, 0.1) is 29.1 Å². The maximum atomic E-state index is 16.2. The summed E-state index contributed by atoms with van der Waals surface area (Å²) in [7, 11) is 1.60. The largest absolute Gasteiger partial charge is 0.387 e. The molecule has 0 amide bonds. The summed E-state index contributed by atoms with van der Waals surface area (Å²) in [6.07, 6.45) is 6.72. The van der Waals surface area contributed by atoms with Gasteiger partial charge in [0, 0.05) is 18.9 Å². The van der Waals surface area contributed by atoms with E-state index in [-0.39, 0.29) is 17.3 Å². The predicted octanol–water partition coefficient (Wildman–Crippen LogP) is 3.68. The number of Topliss-reactive ketones (excluding diaryl/α,β-unsaturated/α-hetero) is 1. The number of hydrogen-bond acceptors (Lipinski definition) is 3. The van der Waals surface area contributed by atoms with Crippen LogP contribution >= 0.6 is 0 Å². The van der Waals surface area contributed by atoms with Crippen molar-refractivity contribution in [2.75, 3.05) is 13.7 Å². The molecular weight excluding hydrogens is 307 g/mol. The van der Waals surface area contributed by atoms with Gasteiger partial charge in [-0.3, -0.25) is 4.79 Å². The lowest BCUT2D eigenvalue weighted by Crippen LogP contribution is -2.59. The normalized spacial score (nSPS) is 54.1.